The number of anilines is 2. The van der Waals surface area contributed by atoms with E-state index in [4.69, 9.17) is 4.74 Å². The van der Waals surface area contributed by atoms with Crippen LogP contribution in [0.2, 0.25) is 0 Å². The molecule has 0 radical (unpaired) electrons. The molecule has 0 N–H and O–H groups in total. The molecule has 0 amide bonds. The van der Waals surface area contributed by atoms with Crippen molar-refractivity contribution in [3.63, 3.8) is 0 Å². The highest BCUT2D eigenvalue weighted by molar-refractivity contribution is 5.89. The third kappa shape index (κ3) is 3.92. The summed E-state index contributed by atoms with van der Waals surface area (Å²) in [5, 5.41) is 0. The van der Waals surface area contributed by atoms with Crippen molar-refractivity contribution in [1.82, 2.24) is 15.0 Å². The van der Waals surface area contributed by atoms with Gasteiger partial charge in [0.1, 0.15) is 5.82 Å². The van der Waals surface area contributed by atoms with Gasteiger partial charge in [-0.2, -0.15) is 0 Å². The second kappa shape index (κ2) is 8.02. The lowest BCUT2D eigenvalue weighted by atomic mass is 10.1. The zero-order valence-electron chi connectivity index (χ0n) is 14.4. The van der Waals surface area contributed by atoms with Gasteiger partial charge >= 0.3 is 5.97 Å². The van der Waals surface area contributed by atoms with Gasteiger partial charge in [-0.3, -0.25) is 4.98 Å². The van der Waals surface area contributed by atoms with Crippen LogP contribution in [0.1, 0.15) is 21.5 Å². The molecule has 0 spiro atoms. The number of ether oxygens (including phenoxy) is 1. The van der Waals surface area contributed by atoms with Crippen molar-refractivity contribution >= 4 is 23.7 Å². The van der Waals surface area contributed by atoms with Gasteiger partial charge < -0.3 is 9.64 Å². The van der Waals surface area contributed by atoms with Crippen LogP contribution in [-0.2, 0) is 11.3 Å². The van der Waals surface area contributed by atoms with Gasteiger partial charge in [-0.05, 0) is 35.4 Å². The average molecular weight is 346 g/mol. The van der Waals surface area contributed by atoms with Gasteiger partial charge in [0.2, 0.25) is 0 Å². The molecule has 26 heavy (non-hydrogen) atoms. The van der Waals surface area contributed by atoms with Gasteiger partial charge in [-0.15, -0.1) is 0 Å². The van der Waals surface area contributed by atoms with E-state index >= 15 is 0 Å². The first-order valence-electron chi connectivity index (χ1n) is 8.00. The van der Waals surface area contributed by atoms with Crippen LogP contribution in [0.15, 0.2) is 67.8 Å². The maximum absolute atomic E-state index is 11.6. The molecule has 1 aromatic carbocycles. The summed E-state index contributed by atoms with van der Waals surface area (Å²) in [6, 6.07) is 11.1. The number of hydrogen-bond acceptors (Lipinski definition) is 6. The Morgan fingerprint density at radius 3 is 2.54 bits per heavy atom. The molecule has 130 valence electrons. The van der Waals surface area contributed by atoms with Gasteiger partial charge in [0.05, 0.1) is 25.4 Å². The lowest BCUT2D eigenvalue weighted by Gasteiger charge is -2.23. The van der Waals surface area contributed by atoms with Crippen LogP contribution in [-0.4, -0.2) is 28.0 Å². The van der Waals surface area contributed by atoms with E-state index < -0.39 is 0 Å². The molecule has 0 saturated heterocycles. The highest BCUT2D eigenvalue weighted by Gasteiger charge is 2.14. The van der Waals surface area contributed by atoms with Gasteiger partial charge in [-0.25, -0.2) is 14.8 Å². The Morgan fingerprint density at radius 1 is 1.12 bits per heavy atom. The molecular weight excluding hydrogens is 328 g/mol. The van der Waals surface area contributed by atoms with E-state index in [1.165, 1.54) is 7.11 Å². The fourth-order valence-corrected chi connectivity index (χ4v) is 2.47. The molecule has 0 unspecified atom stereocenters. The maximum atomic E-state index is 11.6. The van der Waals surface area contributed by atoms with E-state index in [1.807, 2.05) is 29.2 Å². The number of methoxy groups -OCH3 is 1. The van der Waals surface area contributed by atoms with Crippen molar-refractivity contribution in [1.29, 1.82) is 0 Å². The van der Waals surface area contributed by atoms with Gasteiger partial charge in [-0.1, -0.05) is 24.8 Å². The smallest absolute Gasteiger partial charge is 0.337 e. The largest absolute Gasteiger partial charge is 0.465 e. The monoisotopic (exact) mass is 346 g/mol. The first-order valence-corrected chi connectivity index (χ1v) is 8.00. The number of carbonyl (C=O) groups is 1. The van der Waals surface area contributed by atoms with Crippen molar-refractivity contribution in [2.75, 3.05) is 12.0 Å². The van der Waals surface area contributed by atoms with Crippen LogP contribution in [0.5, 0.6) is 0 Å². The molecule has 0 aliphatic heterocycles. The summed E-state index contributed by atoms with van der Waals surface area (Å²) in [4.78, 5) is 26.5. The summed E-state index contributed by atoms with van der Waals surface area (Å²) in [6.45, 7) is 4.33. The summed E-state index contributed by atoms with van der Waals surface area (Å²) < 4.78 is 4.73. The predicted molar refractivity (Wildman–Crippen MR) is 100.0 cm³/mol. The van der Waals surface area contributed by atoms with Crippen LogP contribution < -0.4 is 4.90 Å². The number of aromatic nitrogens is 3. The van der Waals surface area contributed by atoms with Crippen molar-refractivity contribution in [3.05, 3.63) is 84.5 Å². The van der Waals surface area contributed by atoms with Gasteiger partial charge in [0, 0.05) is 18.6 Å². The average Bonchev–Trinajstić information content (AvgIpc) is 2.72. The normalized spacial score (nSPS) is 10.2. The van der Waals surface area contributed by atoms with Crippen LogP contribution in [0, 0.1) is 0 Å². The molecule has 6 nitrogen and oxygen atoms in total. The molecule has 0 aliphatic rings. The lowest BCUT2D eigenvalue weighted by molar-refractivity contribution is 0.0600. The molecule has 0 saturated carbocycles. The molecule has 6 heteroatoms. The number of benzene rings is 1. The second-order valence-electron chi connectivity index (χ2n) is 5.49. The van der Waals surface area contributed by atoms with Crippen LogP contribution >= 0.6 is 0 Å². The van der Waals surface area contributed by atoms with Crippen LogP contribution in [0.3, 0.4) is 0 Å². The Bertz CT molecular complexity index is 895. The fraction of sp³-hybridized carbons (Fsp3) is 0.100. The maximum Gasteiger partial charge on any atom is 0.337 e. The van der Waals surface area contributed by atoms with E-state index in [1.54, 1.807) is 43.0 Å². The van der Waals surface area contributed by atoms with E-state index in [-0.39, 0.29) is 5.97 Å². The topological polar surface area (TPSA) is 68.2 Å². The summed E-state index contributed by atoms with van der Waals surface area (Å²) >= 11 is 0. The van der Waals surface area contributed by atoms with E-state index in [9.17, 15) is 4.79 Å². The van der Waals surface area contributed by atoms with E-state index in [0.29, 0.717) is 17.9 Å². The number of rotatable bonds is 6. The van der Waals surface area contributed by atoms with Crippen molar-refractivity contribution in [2.45, 2.75) is 6.54 Å². The second-order valence-corrected chi connectivity index (χ2v) is 5.49. The standard InChI is InChI=1S/C20H18N4O2/c1-3-15-8-9-22-18(12-15)24(19-13-21-10-11-23-19)14-16-4-6-17(7-5-16)20(25)26-2/h3-13H,1,14H2,2H3. The van der Waals surface area contributed by atoms with Crippen LogP contribution in [0.25, 0.3) is 6.08 Å². The highest BCUT2D eigenvalue weighted by Crippen LogP contribution is 2.24. The molecule has 3 aromatic rings. The summed E-state index contributed by atoms with van der Waals surface area (Å²) in [5.74, 6) is 1.06. The SMILES string of the molecule is C=Cc1ccnc(N(Cc2ccc(C(=O)OC)cc2)c2cnccn2)c1. The minimum absolute atomic E-state index is 0.359. The van der Waals surface area contributed by atoms with E-state index in [0.717, 1.165) is 16.9 Å². The summed E-state index contributed by atoms with van der Waals surface area (Å²) in [5.41, 5.74) is 2.47. The Morgan fingerprint density at radius 2 is 1.88 bits per heavy atom. The molecule has 0 aliphatic carbocycles. The van der Waals surface area contributed by atoms with Crippen molar-refractivity contribution < 1.29 is 9.53 Å². The number of pyridine rings is 1. The zero-order chi connectivity index (χ0) is 18.4. The highest BCUT2D eigenvalue weighted by atomic mass is 16.5. The van der Waals surface area contributed by atoms with E-state index in [2.05, 4.69) is 21.5 Å². The lowest BCUT2D eigenvalue weighted by Crippen LogP contribution is -2.19. The summed E-state index contributed by atoms with van der Waals surface area (Å²) in [6.07, 6.45) is 8.45. The zero-order valence-corrected chi connectivity index (χ0v) is 14.4. The van der Waals surface area contributed by atoms with Gasteiger partial charge in [0.25, 0.3) is 0 Å². The van der Waals surface area contributed by atoms with Crippen molar-refractivity contribution in [3.8, 4) is 0 Å². The Hall–Kier alpha value is -3.54. The number of carbonyl (C=O) groups excluding carboxylic acids is 1. The molecule has 0 fully saturated rings. The molecular formula is C20H18N4O2. The fourth-order valence-electron chi connectivity index (χ4n) is 2.47. The molecule has 3 rings (SSSR count). The Labute approximate surface area is 151 Å². The minimum Gasteiger partial charge on any atom is -0.465 e. The Kier molecular flexibility index (Phi) is 5.34. The molecule has 0 atom stereocenters. The van der Waals surface area contributed by atoms with Crippen LogP contribution in [0.4, 0.5) is 11.6 Å². The number of hydrogen-bond donors (Lipinski definition) is 0. The molecule has 0 bridgehead atoms. The first kappa shape index (κ1) is 17.3. The number of nitrogens with zero attached hydrogens (tertiary/aromatic N) is 4. The van der Waals surface area contributed by atoms with Gasteiger partial charge in [0.15, 0.2) is 5.82 Å². The third-order valence-electron chi connectivity index (χ3n) is 3.82. The molecule has 2 heterocycles. The quantitative estimate of drug-likeness (QED) is 0.635. The predicted octanol–water partition coefficient (Wildman–Crippen LogP) is 3.64. The summed E-state index contributed by atoms with van der Waals surface area (Å²) in [7, 11) is 1.37. The molecule has 2 aromatic heterocycles. The van der Waals surface area contributed by atoms with Crippen molar-refractivity contribution in [2.24, 2.45) is 0 Å². The third-order valence-corrected chi connectivity index (χ3v) is 3.82. The minimum atomic E-state index is -0.359. The Balaban J connectivity index is 1.93. The number of esters is 1. The first-order chi connectivity index (χ1) is 12.7.